The van der Waals surface area contributed by atoms with E-state index in [1.54, 1.807) is 6.07 Å². The molecule has 4 aromatic rings. The third kappa shape index (κ3) is 4.32. The van der Waals surface area contributed by atoms with Gasteiger partial charge in [-0.1, -0.05) is 48.5 Å². The minimum absolute atomic E-state index is 0.134. The molecule has 144 valence electrons. The minimum atomic E-state index is -0.246. The van der Waals surface area contributed by atoms with Crippen LogP contribution in [-0.4, -0.2) is 22.7 Å². The second-order valence-corrected chi connectivity index (χ2v) is 6.43. The number of benzene rings is 3. The van der Waals surface area contributed by atoms with Crippen molar-refractivity contribution in [2.45, 2.75) is 6.92 Å². The van der Waals surface area contributed by atoms with Gasteiger partial charge in [0.15, 0.2) is 6.61 Å². The molecule has 1 amide bonds. The van der Waals surface area contributed by atoms with Gasteiger partial charge in [0.1, 0.15) is 5.75 Å². The first kappa shape index (κ1) is 18.4. The standard InChI is InChI=1S/C23H19N3O3/c1-16-9-5-7-13-19(16)24-21(27)15-28-20-14-8-6-12-18(20)23-26-25-22(29-23)17-10-3-2-4-11-17/h2-14H,15H2,1H3,(H,24,27). The molecule has 0 bridgehead atoms. The average molecular weight is 385 g/mol. The summed E-state index contributed by atoms with van der Waals surface area (Å²) in [6.07, 6.45) is 0. The summed E-state index contributed by atoms with van der Waals surface area (Å²) < 4.78 is 11.6. The van der Waals surface area contributed by atoms with Crippen molar-refractivity contribution in [2.24, 2.45) is 0 Å². The van der Waals surface area contributed by atoms with E-state index in [1.807, 2.05) is 79.7 Å². The first-order valence-electron chi connectivity index (χ1n) is 9.17. The summed E-state index contributed by atoms with van der Waals surface area (Å²) in [5, 5.41) is 11.1. The number of hydrogen-bond donors (Lipinski definition) is 1. The number of hydrogen-bond acceptors (Lipinski definition) is 5. The van der Waals surface area contributed by atoms with Gasteiger partial charge >= 0.3 is 0 Å². The maximum absolute atomic E-state index is 12.3. The van der Waals surface area contributed by atoms with Gasteiger partial charge in [0, 0.05) is 11.3 Å². The Bertz CT molecular complexity index is 1120. The third-order valence-corrected chi connectivity index (χ3v) is 4.34. The van der Waals surface area contributed by atoms with Crippen LogP contribution in [0.15, 0.2) is 83.3 Å². The molecule has 0 aliphatic carbocycles. The van der Waals surface area contributed by atoms with Crippen LogP contribution in [0.25, 0.3) is 22.9 Å². The molecule has 0 aliphatic heterocycles. The molecule has 0 aliphatic rings. The highest BCUT2D eigenvalue weighted by Gasteiger charge is 2.15. The lowest BCUT2D eigenvalue weighted by Crippen LogP contribution is -2.20. The quantitative estimate of drug-likeness (QED) is 0.519. The van der Waals surface area contributed by atoms with Crippen molar-refractivity contribution in [3.05, 3.63) is 84.4 Å². The molecule has 0 spiro atoms. The largest absolute Gasteiger partial charge is 0.483 e. The summed E-state index contributed by atoms with van der Waals surface area (Å²) >= 11 is 0. The normalized spacial score (nSPS) is 10.5. The van der Waals surface area contributed by atoms with Crippen LogP contribution in [-0.2, 0) is 4.79 Å². The first-order valence-corrected chi connectivity index (χ1v) is 9.17. The summed E-state index contributed by atoms with van der Waals surface area (Å²) in [5.74, 6) is 1.01. The molecule has 29 heavy (non-hydrogen) atoms. The summed E-state index contributed by atoms with van der Waals surface area (Å²) in [7, 11) is 0. The summed E-state index contributed by atoms with van der Waals surface area (Å²) in [6, 6.07) is 24.4. The molecular weight excluding hydrogens is 366 g/mol. The fraction of sp³-hybridized carbons (Fsp3) is 0.0870. The predicted octanol–water partition coefficient (Wildman–Crippen LogP) is 4.73. The van der Waals surface area contributed by atoms with Gasteiger partial charge in [0.05, 0.1) is 5.56 Å². The number of nitrogens with zero attached hydrogens (tertiary/aromatic N) is 2. The molecular formula is C23H19N3O3. The number of nitrogens with one attached hydrogen (secondary N) is 1. The Morgan fingerprint density at radius 1 is 0.897 bits per heavy atom. The Labute approximate surface area is 168 Å². The lowest BCUT2D eigenvalue weighted by Gasteiger charge is -2.11. The van der Waals surface area contributed by atoms with Gasteiger partial charge < -0.3 is 14.5 Å². The zero-order valence-corrected chi connectivity index (χ0v) is 15.8. The van der Waals surface area contributed by atoms with Crippen molar-refractivity contribution in [3.63, 3.8) is 0 Å². The molecule has 0 unspecified atom stereocenters. The molecule has 1 heterocycles. The van der Waals surface area contributed by atoms with E-state index in [0.717, 1.165) is 16.8 Å². The van der Waals surface area contributed by atoms with Gasteiger partial charge in [-0.25, -0.2) is 0 Å². The van der Waals surface area contributed by atoms with Crippen LogP contribution >= 0.6 is 0 Å². The Morgan fingerprint density at radius 3 is 2.41 bits per heavy atom. The number of anilines is 1. The van der Waals surface area contributed by atoms with E-state index in [0.29, 0.717) is 23.1 Å². The van der Waals surface area contributed by atoms with Gasteiger partial charge in [0.2, 0.25) is 5.89 Å². The zero-order valence-electron chi connectivity index (χ0n) is 15.8. The molecule has 6 heteroatoms. The van der Waals surface area contributed by atoms with Crippen molar-refractivity contribution >= 4 is 11.6 Å². The second-order valence-electron chi connectivity index (χ2n) is 6.43. The van der Waals surface area contributed by atoms with Gasteiger partial charge in [-0.3, -0.25) is 4.79 Å². The number of carbonyl (C=O) groups is 1. The third-order valence-electron chi connectivity index (χ3n) is 4.34. The number of para-hydroxylation sites is 2. The van der Waals surface area contributed by atoms with Gasteiger partial charge in [0.25, 0.3) is 11.8 Å². The molecule has 4 rings (SSSR count). The minimum Gasteiger partial charge on any atom is -0.483 e. The van der Waals surface area contributed by atoms with Gasteiger partial charge in [-0.15, -0.1) is 10.2 Å². The number of rotatable bonds is 6. The first-order chi connectivity index (χ1) is 14.2. The maximum atomic E-state index is 12.3. The molecule has 1 N–H and O–H groups in total. The number of carbonyl (C=O) groups excluding carboxylic acids is 1. The van der Waals surface area contributed by atoms with Crippen LogP contribution in [0.4, 0.5) is 5.69 Å². The lowest BCUT2D eigenvalue weighted by molar-refractivity contribution is -0.118. The fourth-order valence-electron chi connectivity index (χ4n) is 2.84. The van der Waals surface area contributed by atoms with E-state index in [-0.39, 0.29) is 12.5 Å². The lowest BCUT2D eigenvalue weighted by atomic mass is 10.2. The molecule has 0 radical (unpaired) electrons. The van der Waals surface area contributed by atoms with Crippen molar-refractivity contribution in [3.8, 4) is 28.7 Å². The van der Waals surface area contributed by atoms with E-state index in [9.17, 15) is 4.79 Å². The van der Waals surface area contributed by atoms with E-state index in [1.165, 1.54) is 0 Å². The molecule has 0 atom stereocenters. The Morgan fingerprint density at radius 2 is 1.59 bits per heavy atom. The number of ether oxygens (including phenoxy) is 1. The average Bonchev–Trinajstić information content (AvgIpc) is 3.25. The summed E-state index contributed by atoms with van der Waals surface area (Å²) in [4.78, 5) is 12.3. The highest BCUT2D eigenvalue weighted by atomic mass is 16.5. The molecule has 0 saturated heterocycles. The van der Waals surface area contributed by atoms with E-state index < -0.39 is 0 Å². The van der Waals surface area contributed by atoms with Crippen LogP contribution in [0, 0.1) is 6.92 Å². The smallest absolute Gasteiger partial charge is 0.262 e. The van der Waals surface area contributed by atoms with Gasteiger partial charge in [-0.2, -0.15) is 0 Å². The number of aromatic nitrogens is 2. The zero-order chi connectivity index (χ0) is 20.1. The Kier molecular flexibility index (Phi) is 5.33. The fourth-order valence-corrected chi connectivity index (χ4v) is 2.84. The van der Waals surface area contributed by atoms with Crippen LogP contribution < -0.4 is 10.1 Å². The summed E-state index contributed by atoms with van der Waals surface area (Å²) in [5.41, 5.74) is 3.22. The van der Waals surface area contributed by atoms with Crippen molar-refractivity contribution in [2.75, 3.05) is 11.9 Å². The highest BCUT2D eigenvalue weighted by Crippen LogP contribution is 2.30. The monoisotopic (exact) mass is 385 g/mol. The van der Waals surface area contributed by atoms with Crippen LogP contribution in [0.2, 0.25) is 0 Å². The van der Waals surface area contributed by atoms with E-state index >= 15 is 0 Å². The molecule has 6 nitrogen and oxygen atoms in total. The van der Waals surface area contributed by atoms with Crippen molar-refractivity contribution in [1.29, 1.82) is 0 Å². The highest BCUT2D eigenvalue weighted by molar-refractivity contribution is 5.92. The van der Waals surface area contributed by atoms with Crippen LogP contribution in [0.5, 0.6) is 5.75 Å². The molecule has 3 aromatic carbocycles. The maximum Gasteiger partial charge on any atom is 0.262 e. The van der Waals surface area contributed by atoms with Crippen LogP contribution in [0.1, 0.15) is 5.56 Å². The van der Waals surface area contributed by atoms with Crippen LogP contribution in [0.3, 0.4) is 0 Å². The number of amides is 1. The second kappa shape index (κ2) is 8.39. The summed E-state index contributed by atoms with van der Waals surface area (Å²) in [6.45, 7) is 1.80. The SMILES string of the molecule is Cc1ccccc1NC(=O)COc1ccccc1-c1nnc(-c2ccccc2)o1. The van der Waals surface area contributed by atoms with Gasteiger partial charge in [-0.05, 0) is 42.8 Å². The Hall–Kier alpha value is -3.93. The molecule has 0 fully saturated rings. The van der Waals surface area contributed by atoms with Crippen molar-refractivity contribution in [1.82, 2.24) is 10.2 Å². The van der Waals surface area contributed by atoms with Crippen molar-refractivity contribution < 1.29 is 13.9 Å². The molecule has 0 saturated carbocycles. The number of aryl methyl sites for hydroxylation is 1. The molecule has 1 aromatic heterocycles. The topological polar surface area (TPSA) is 77.2 Å². The Balaban J connectivity index is 1.48. The predicted molar refractivity (Wildman–Crippen MR) is 110 cm³/mol. The van der Waals surface area contributed by atoms with E-state index in [2.05, 4.69) is 15.5 Å². The van der Waals surface area contributed by atoms with E-state index in [4.69, 9.17) is 9.15 Å².